The second-order valence-corrected chi connectivity index (χ2v) is 6.75. The van der Waals surface area contributed by atoms with Gasteiger partial charge in [0.2, 0.25) is 0 Å². The summed E-state index contributed by atoms with van der Waals surface area (Å²) in [5.74, 6) is 2.03. The molecule has 0 saturated heterocycles. The first-order valence-corrected chi connectivity index (χ1v) is 9.02. The zero-order valence-electron chi connectivity index (χ0n) is 14.3. The number of aliphatic hydroxyl groups excluding tert-OH is 1. The Morgan fingerprint density at radius 3 is 2.72 bits per heavy atom. The molecule has 0 aliphatic carbocycles. The first-order chi connectivity index (χ1) is 12.1. The van der Waals surface area contributed by atoms with Crippen molar-refractivity contribution in [3.63, 3.8) is 0 Å². The number of hydrogen-bond acceptors (Lipinski definition) is 6. The number of thioether (sulfide) groups is 1. The van der Waals surface area contributed by atoms with E-state index in [9.17, 15) is 5.11 Å². The first-order valence-electron chi connectivity index (χ1n) is 8.03. The minimum absolute atomic E-state index is 0.241. The van der Waals surface area contributed by atoms with Crippen LogP contribution in [0.25, 0.3) is 5.69 Å². The quantitative estimate of drug-likeness (QED) is 0.623. The van der Waals surface area contributed by atoms with Crippen LogP contribution in [-0.2, 0) is 11.3 Å². The van der Waals surface area contributed by atoms with Crippen LogP contribution in [0.1, 0.15) is 17.1 Å². The topological polar surface area (TPSA) is 73.3 Å². The highest BCUT2D eigenvalue weighted by Gasteiger charge is 2.14. The normalized spacial score (nSPS) is 12.4. The van der Waals surface area contributed by atoms with E-state index >= 15 is 0 Å². The molecule has 0 aliphatic rings. The second kappa shape index (κ2) is 8.33. The number of aliphatic hydroxyl groups is 1. The van der Waals surface area contributed by atoms with Crippen molar-refractivity contribution in [1.29, 1.82) is 0 Å². The van der Waals surface area contributed by atoms with Crippen molar-refractivity contribution < 1.29 is 14.3 Å². The van der Waals surface area contributed by atoms with Gasteiger partial charge in [0.05, 0.1) is 19.0 Å². The van der Waals surface area contributed by atoms with Crippen LogP contribution in [0.15, 0.2) is 52.2 Å². The van der Waals surface area contributed by atoms with E-state index in [1.807, 2.05) is 35.8 Å². The van der Waals surface area contributed by atoms with Crippen molar-refractivity contribution in [2.24, 2.45) is 0 Å². The fraction of sp³-hybridized carbons (Fsp3) is 0.333. The van der Waals surface area contributed by atoms with Crippen molar-refractivity contribution in [2.75, 3.05) is 12.4 Å². The standard InChI is InChI=1S/C18H21N3O3S/c1-13-5-7-15(8-6-13)21-14(2)19-20-18(21)25-12-16(22)10-23-11-17-4-3-9-24-17/h3-9,16,22H,10-12H2,1-2H3. The van der Waals surface area contributed by atoms with Gasteiger partial charge >= 0.3 is 0 Å². The smallest absolute Gasteiger partial charge is 0.195 e. The molecular formula is C18H21N3O3S. The molecule has 3 aromatic rings. The van der Waals surface area contributed by atoms with Gasteiger partial charge in [-0.3, -0.25) is 4.57 Å². The summed E-state index contributed by atoms with van der Waals surface area (Å²) in [7, 11) is 0. The molecule has 1 atom stereocenters. The van der Waals surface area contributed by atoms with Crippen molar-refractivity contribution >= 4 is 11.8 Å². The number of aromatic nitrogens is 3. The SMILES string of the molecule is Cc1ccc(-n2c(C)nnc2SCC(O)COCc2ccco2)cc1. The van der Waals surface area contributed by atoms with E-state index < -0.39 is 6.10 Å². The van der Waals surface area contributed by atoms with Crippen molar-refractivity contribution in [3.05, 3.63) is 59.8 Å². The molecule has 7 heteroatoms. The molecule has 3 rings (SSSR count). The minimum Gasteiger partial charge on any atom is -0.467 e. The molecule has 0 bridgehead atoms. The third-order valence-electron chi connectivity index (χ3n) is 3.63. The van der Waals surface area contributed by atoms with Gasteiger partial charge in [-0.2, -0.15) is 0 Å². The Kier molecular flexibility index (Phi) is 5.91. The molecular weight excluding hydrogens is 338 g/mol. The molecule has 6 nitrogen and oxygen atoms in total. The van der Waals surface area contributed by atoms with Crippen molar-refractivity contribution in [3.8, 4) is 5.69 Å². The Morgan fingerprint density at radius 2 is 2.00 bits per heavy atom. The lowest BCUT2D eigenvalue weighted by atomic mass is 10.2. The largest absolute Gasteiger partial charge is 0.467 e. The summed E-state index contributed by atoms with van der Waals surface area (Å²) in [6.07, 6.45) is 1.01. The molecule has 0 fully saturated rings. The Balaban J connectivity index is 1.55. The van der Waals surface area contributed by atoms with Crippen LogP contribution in [0.4, 0.5) is 0 Å². The Morgan fingerprint density at radius 1 is 1.20 bits per heavy atom. The summed E-state index contributed by atoms with van der Waals surface area (Å²) >= 11 is 1.46. The van der Waals surface area contributed by atoms with Crippen molar-refractivity contribution in [2.45, 2.75) is 31.7 Å². The molecule has 2 aromatic heterocycles. The number of benzene rings is 1. The van der Waals surface area contributed by atoms with Gasteiger partial charge < -0.3 is 14.3 Å². The zero-order chi connectivity index (χ0) is 17.6. The van der Waals surface area contributed by atoms with E-state index in [0.29, 0.717) is 12.4 Å². The lowest BCUT2D eigenvalue weighted by molar-refractivity contribution is 0.0328. The molecule has 0 radical (unpaired) electrons. The third-order valence-corrected chi connectivity index (χ3v) is 4.70. The lowest BCUT2D eigenvalue weighted by Gasteiger charge is -2.12. The van der Waals surface area contributed by atoms with E-state index in [1.54, 1.807) is 6.26 Å². The van der Waals surface area contributed by atoms with E-state index in [4.69, 9.17) is 9.15 Å². The van der Waals surface area contributed by atoms with Gasteiger partial charge in [0.25, 0.3) is 0 Å². The van der Waals surface area contributed by atoms with Gasteiger partial charge in [-0.05, 0) is 38.1 Å². The van der Waals surface area contributed by atoms with E-state index in [2.05, 4.69) is 29.3 Å². The highest BCUT2D eigenvalue weighted by Crippen LogP contribution is 2.22. The zero-order valence-corrected chi connectivity index (χ0v) is 15.1. The van der Waals surface area contributed by atoms with Crippen LogP contribution in [0.2, 0.25) is 0 Å². The van der Waals surface area contributed by atoms with Crippen LogP contribution in [0, 0.1) is 13.8 Å². The lowest BCUT2D eigenvalue weighted by Crippen LogP contribution is -2.18. The van der Waals surface area contributed by atoms with Crippen LogP contribution in [0.5, 0.6) is 0 Å². The summed E-state index contributed by atoms with van der Waals surface area (Å²) in [5, 5.41) is 19.2. The Hall–Kier alpha value is -2.09. The molecule has 1 N–H and O–H groups in total. The maximum atomic E-state index is 10.1. The number of rotatable bonds is 8. The minimum atomic E-state index is -0.594. The molecule has 0 aliphatic heterocycles. The Bertz CT molecular complexity index is 785. The van der Waals surface area contributed by atoms with E-state index in [0.717, 1.165) is 22.4 Å². The first kappa shape index (κ1) is 17.7. The average Bonchev–Trinajstić information content (AvgIpc) is 3.24. The molecule has 1 unspecified atom stereocenters. The third kappa shape index (κ3) is 4.72. The molecule has 1 aromatic carbocycles. The Labute approximate surface area is 150 Å². The monoisotopic (exact) mass is 359 g/mol. The van der Waals surface area contributed by atoms with Gasteiger partial charge in [0.15, 0.2) is 5.16 Å². The number of hydrogen-bond donors (Lipinski definition) is 1. The molecule has 0 spiro atoms. The summed E-state index contributed by atoms with van der Waals surface area (Å²) < 4.78 is 12.6. The van der Waals surface area contributed by atoms with E-state index in [-0.39, 0.29) is 6.61 Å². The van der Waals surface area contributed by atoms with Crippen LogP contribution in [0.3, 0.4) is 0 Å². The van der Waals surface area contributed by atoms with E-state index in [1.165, 1.54) is 17.3 Å². The van der Waals surface area contributed by atoms with Crippen LogP contribution < -0.4 is 0 Å². The molecule has 25 heavy (non-hydrogen) atoms. The second-order valence-electron chi connectivity index (χ2n) is 5.76. The number of nitrogens with zero attached hydrogens (tertiary/aromatic N) is 3. The van der Waals surface area contributed by atoms with Gasteiger partial charge in [0.1, 0.15) is 18.2 Å². The summed E-state index contributed by atoms with van der Waals surface area (Å²) in [6.45, 7) is 4.57. The van der Waals surface area contributed by atoms with Crippen molar-refractivity contribution in [1.82, 2.24) is 14.8 Å². The molecule has 2 heterocycles. The number of aryl methyl sites for hydroxylation is 2. The maximum Gasteiger partial charge on any atom is 0.195 e. The highest BCUT2D eigenvalue weighted by atomic mass is 32.2. The fourth-order valence-corrected chi connectivity index (χ4v) is 3.24. The van der Waals surface area contributed by atoms with Crippen LogP contribution >= 0.6 is 11.8 Å². The molecule has 0 amide bonds. The highest BCUT2D eigenvalue weighted by molar-refractivity contribution is 7.99. The van der Waals surface area contributed by atoms with Gasteiger partial charge in [-0.1, -0.05) is 29.5 Å². The number of furan rings is 1. The van der Waals surface area contributed by atoms with Crippen LogP contribution in [-0.4, -0.2) is 38.3 Å². The predicted molar refractivity (Wildman–Crippen MR) is 95.9 cm³/mol. The fourth-order valence-electron chi connectivity index (χ4n) is 2.34. The number of ether oxygens (including phenoxy) is 1. The summed E-state index contributed by atoms with van der Waals surface area (Å²) in [4.78, 5) is 0. The van der Waals surface area contributed by atoms with Gasteiger partial charge in [-0.15, -0.1) is 10.2 Å². The summed E-state index contributed by atoms with van der Waals surface area (Å²) in [5.41, 5.74) is 2.21. The predicted octanol–water partition coefficient (Wildman–Crippen LogP) is 3.15. The molecule has 0 saturated carbocycles. The molecule has 132 valence electrons. The van der Waals surface area contributed by atoms with Gasteiger partial charge in [0, 0.05) is 11.4 Å². The summed E-state index contributed by atoms with van der Waals surface area (Å²) in [6, 6.07) is 11.8. The maximum absolute atomic E-state index is 10.1. The average molecular weight is 359 g/mol. The van der Waals surface area contributed by atoms with Gasteiger partial charge in [-0.25, -0.2) is 0 Å².